The molecule has 0 fully saturated rings. The molecule has 1 atom stereocenters. The third-order valence-electron chi connectivity index (χ3n) is 4.53. The zero-order valence-electron chi connectivity index (χ0n) is 13.4. The minimum Gasteiger partial charge on any atom is -0.492 e. The van der Waals surface area contributed by atoms with E-state index >= 15 is 0 Å². The molecule has 0 aliphatic carbocycles. The molecular formula is C17H22ClNO4. The van der Waals surface area contributed by atoms with Gasteiger partial charge in [-0.25, -0.2) is 0 Å². The number of hydrogen-bond donors (Lipinski definition) is 2. The monoisotopic (exact) mass is 339 g/mol. The zero-order valence-corrected chi connectivity index (χ0v) is 14.2. The van der Waals surface area contributed by atoms with Crippen LogP contribution in [0.3, 0.4) is 0 Å². The molecule has 0 radical (unpaired) electrons. The summed E-state index contributed by atoms with van der Waals surface area (Å²) in [6.07, 6.45) is 1.59. The van der Waals surface area contributed by atoms with Crippen LogP contribution in [-0.4, -0.2) is 29.1 Å². The van der Waals surface area contributed by atoms with Gasteiger partial charge in [0.1, 0.15) is 12.4 Å². The summed E-state index contributed by atoms with van der Waals surface area (Å²) >= 11 is 5.99. The molecule has 0 aromatic heterocycles. The number of carboxylic acid groups (broad SMARTS) is 1. The van der Waals surface area contributed by atoms with E-state index in [0.717, 1.165) is 11.3 Å². The Labute approximate surface area is 141 Å². The minimum absolute atomic E-state index is 0.0816. The van der Waals surface area contributed by atoms with E-state index in [9.17, 15) is 9.59 Å². The van der Waals surface area contributed by atoms with Crippen LogP contribution in [0.2, 0.25) is 5.02 Å². The van der Waals surface area contributed by atoms with Crippen LogP contribution >= 0.6 is 11.6 Å². The Kier molecular flexibility index (Phi) is 5.52. The average molecular weight is 340 g/mol. The highest BCUT2D eigenvalue weighted by atomic mass is 35.5. The fourth-order valence-electron chi connectivity index (χ4n) is 2.91. The van der Waals surface area contributed by atoms with Crippen molar-refractivity contribution in [3.63, 3.8) is 0 Å². The van der Waals surface area contributed by atoms with E-state index in [-0.39, 0.29) is 24.9 Å². The summed E-state index contributed by atoms with van der Waals surface area (Å²) in [5.41, 5.74) is 0.193. The Bertz CT molecular complexity index is 598. The lowest BCUT2D eigenvalue weighted by atomic mass is 9.87. The van der Waals surface area contributed by atoms with Gasteiger partial charge in [-0.15, -0.1) is 0 Å². The van der Waals surface area contributed by atoms with Crippen LogP contribution in [0.1, 0.15) is 38.7 Å². The Morgan fingerprint density at radius 1 is 1.39 bits per heavy atom. The number of amides is 1. The van der Waals surface area contributed by atoms with Crippen molar-refractivity contribution >= 4 is 23.5 Å². The smallest absolute Gasteiger partial charge is 0.305 e. The summed E-state index contributed by atoms with van der Waals surface area (Å²) in [7, 11) is 0. The van der Waals surface area contributed by atoms with Crippen molar-refractivity contribution < 1.29 is 19.4 Å². The number of aliphatic carboxylic acids is 1. The lowest BCUT2D eigenvalue weighted by Crippen LogP contribution is -2.52. The van der Waals surface area contributed by atoms with Crippen LogP contribution < -0.4 is 10.1 Å². The van der Waals surface area contributed by atoms with Crippen molar-refractivity contribution in [3.8, 4) is 5.75 Å². The van der Waals surface area contributed by atoms with Crippen molar-refractivity contribution in [2.75, 3.05) is 6.61 Å². The average Bonchev–Trinajstić information content (AvgIpc) is 2.52. The molecule has 1 aromatic carbocycles. The van der Waals surface area contributed by atoms with E-state index in [0.29, 0.717) is 24.3 Å². The number of carbonyl (C=O) groups is 2. The second-order valence-corrected chi connectivity index (χ2v) is 6.45. The molecule has 1 aromatic rings. The maximum atomic E-state index is 12.6. The standard InChI is InChI=1S/C17H22ClNO4/c1-3-17(4-2,9-15(20)21)19-16(22)12-7-11-8-13(18)5-6-14(11)23-10-12/h5-6,8,12H,3-4,7,9-10H2,1-2H3,(H,19,22)(H,20,21). The first kappa shape index (κ1) is 17.6. The van der Waals surface area contributed by atoms with Gasteiger partial charge in [0.2, 0.25) is 5.91 Å². The lowest BCUT2D eigenvalue weighted by Gasteiger charge is -2.34. The lowest BCUT2D eigenvalue weighted by molar-refractivity contribution is -0.139. The Hall–Kier alpha value is -1.75. The second-order valence-electron chi connectivity index (χ2n) is 6.01. The summed E-state index contributed by atoms with van der Waals surface area (Å²) in [5, 5.41) is 12.7. The molecule has 6 heteroatoms. The third kappa shape index (κ3) is 4.16. The van der Waals surface area contributed by atoms with Gasteiger partial charge in [-0.05, 0) is 43.0 Å². The first-order valence-corrected chi connectivity index (χ1v) is 8.22. The highest BCUT2D eigenvalue weighted by Crippen LogP contribution is 2.30. The van der Waals surface area contributed by atoms with Gasteiger partial charge in [0.05, 0.1) is 12.3 Å². The Morgan fingerprint density at radius 2 is 2.09 bits per heavy atom. The highest BCUT2D eigenvalue weighted by molar-refractivity contribution is 6.30. The maximum Gasteiger partial charge on any atom is 0.305 e. The zero-order chi connectivity index (χ0) is 17.0. The molecule has 1 aliphatic heterocycles. The molecule has 2 N–H and O–H groups in total. The molecule has 0 saturated carbocycles. The van der Waals surface area contributed by atoms with Crippen LogP contribution in [0.4, 0.5) is 0 Å². The number of halogens is 1. The first-order valence-electron chi connectivity index (χ1n) is 7.84. The fraction of sp³-hybridized carbons (Fsp3) is 0.529. The summed E-state index contributed by atoms with van der Waals surface area (Å²) < 4.78 is 5.64. The first-order chi connectivity index (χ1) is 10.9. The quantitative estimate of drug-likeness (QED) is 0.835. The van der Waals surface area contributed by atoms with E-state index in [1.165, 1.54) is 0 Å². The van der Waals surface area contributed by atoms with E-state index in [2.05, 4.69) is 5.32 Å². The number of nitrogens with one attached hydrogen (secondary N) is 1. The topological polar surface area (TPSA) is 75.6 Å². The van der Waals surface area contributed by atoms with Crippen molar-refractivity contribution in [2.45, 2.75) is 45.1 Å². The largest absolute Gasteiger partial charge is 0.492 e. The normalized spacial score (nSPS) is 17.1. The molecule has 23 heavy (non-hydrogen) atoms. The van der Waals surface area contributed by atoms with Crippen molar-refractivity contribution in [1.29, 1.82) is 0 Å². The number of benzene rings is 1. The Morgan fingerprint density at radius 3 is 2.70 bits per heavy atom. The Balaban J connectivity index is 2.10. The SMILES string of the molecule is CCC(CC)(CC(=O)O)NC(=O)C1COc2ccc(Cl)cc2C1. The van der Waals surface area contributed by atoms with Crippen molar-refractivity contribution in [1.82, 2.24) is 5.32 Å². The van der Waals surface area contributed by atoms with Gasteiger partial charge in [-0.2, -0.15) is 0 Å². The maximum absolute atomic E-state index is 12.6. The van der Waals surface area contributed by atoms with Gasteiger partial charge >= 0.3 is 5.97 Å². The van der Waals surface area contributed by atoms with E-state index < -0.39 is 11.5 Å². The van der Waals surface area contributed by atoms with Crippen LogP contribution in [0, 0.1) is 5.92 Å². The number of carbonyl (C=O) groups excluding carboxylic acids is 1. The van der Waals surface area contributed by atoms with Crippen LogP contribution in [0.25, 0.3) is 0 Å². The molecule has 1 unspecified atom stereocenters. The number of rotatable bonds is 6. The van der Waals surface area contributed by atoms with Crippen molar-refractivity contribution in [2.24, 2.45) is 5.92 Å². The highest BCUT2D eigenvalue weighted by Gasteiger charge is 2.35. The number of carboxylic acids is 1. The second kappa shape index (κ2) is 7.21. The molecule has 126 valence electrons. The summed E-state index contributed by atoms with van der Waals surface area (Å²) in [4.78, 5) is 23.7. The molecule has 1 amide bonds. The summed E-state index contributed by atoms with van der Waals surface area (Å²) in [5.74, 6) is -0.667. The van der Waals surface area contributed by atoms with Gasteiger partial charge in [-0.1, -0.05) is 25.4 Å². The van der Waals surface area contributed by atoms with Gasteiger partial charge in [0.15, 0.2) is 0 Å². The molecule has 5 nitrogen and oxygen atoms in total. The van der Waals surface area contributed by atoms with Gasteiger partial charge < -0.3 is 15.2 Å². The summed E-state index contributed by atoms with van der Waals surface area (Å²) in [6, 6.07) is 5.37. The predicted octanol–water partition coefficient (Wildman–Crippen LogP) is 3.04. The van der Waals surface area contributed by atoms with Gasteiger partial charge in [0, 0.05) is 10.6 Å². The van der Waals surface area contributed by atoms with E-state index in [4.69, 9.17) is 21.4 Å². The summed E-state index contributed by atoms with van der Waals surface area (Å²) in [6.45, 7) is 4.06. The fourth-order valence-corrected chi connectivity index (χ4v) is 3.10. The molecule has 2 rings (SSSR count). The van der Waals surface area contributed by atoms with Crippen molar-refractivity contribution in [3.05, 3.63) is 28.8 Å². The number of fused-ring (bicyclic) bond motifs is 1. The predicted molar refractivity (Wildman–Crippen MR) is 87.8 cm³/mol. The van der Waals surface area contributed by atoms with Crippen LogP contribution in [0.15, 0.2) is 18.2 Å². The molecule has 1 heterocycles. The minimum atomic E-state index is -0.911. The molecule has 0 spiro atoms. The van der Waals surface area contributed by atoms with Gasteiger partial charge in [0.25, 0.3) is 0 Å². The number of ether oxygens (including phenoxy) is 1. The molecule has 0 saturated heterocycles. The van der Waals surface area contributed by atoms with E-state index in [1.807, 2.05) is 13.8 Å². The number of hydrogen-bond acceptors (Lipinski definition) is 3. The third-order valence-corrected chi connectivity index (χ3v) is 4.77. The van der Waals surface area contributed by atoms with Gasteiger partial charge in [-0.3, -0.25) is 9.59 Å². The molecule has 1 aliphatic rings. The molecule has 0 bridgehead atoms. The van der Waals surface area contributed by atoms with Crippen LogP contribution in [0.5, 0.6) is 5.75 Å². The molecular weight excluding hydrogens is 318 g/mol. The van der Waals surface area contributed by atoms with E-state index in [1.54, 1.807) is 18.2 Å². The van der Waals surface area contributed by atoms with Crippen LogP contribution in [-0.2, 0) is 16.0 Å².